The van der Waals surface area contributed by atoms with Crippen molar-refractivity contribution in [1.29, 1.82) is 0 Å². The van der Waals surface area contributed by atoms with Gasteiger partial charge in [0.25, 0.3) is 0 Å². The van der Waals surface area contributed by atoms with Crippen LogP contribution in [0.1, 0.15) is 23.7 Å². The molecule has 0 atom stereocenters. The van der Waals surface area contributed by atoms with Gasteiger partial charge >= 0.3 is 0 Å². The summed E-state index contributed by atoms with van der Waals surface area (Å²) in [6.45, 7) is 3.55. The number of Topliss-reactive ketones (excluding diaryl/α,β-unsaturated/α-hetero) is 1. The van der Waals surface area contributed by atoms with E-state index in [2.05, 4.69) is 68.7 Å². The molecular formula is C23H20BrNOS2. The number of carbonyl (C=O) groups excluding carboxylic acids is 1. The van der Waals surface area contributed by atoms with E-state index < -0.39 is 0 Å². The zero-order valence-corrected chi connectivity index (χ0v) is 18.7. The maximum absolute atomic E-state index is 11.9. The van der Waals surface area contributed by atoms with Gasteiger partial charge in [0.05, 0.1) is 3.79 Å². The number of benzene rings is 2. The van der Waals surface area contributed by atoms with E-state index in [1.165, 1.54) is 21.0 Å². The van der Waals surface area contributed by atoms with E-state index in [-0.39, 0.29) is 5.78 Å². The molecule has 1 aliphatic heterocycles. The van der Waals surface area contributed by atoms with Crippen LogP contribution in [0.15, 0.2) is 79.6 Å². The Labute approximate surface area is 182 Å². The van der Waals surface area contributed by atoms with Crippen molar-refractivity contribution in [1.82, 2.24) is 0 Å². The number of rotatable bonds is 5. The monoisotopic (exact) mass is 469 g/mol. The zero-order valence-electron chi connectivity index (χ0n) is 15.5. The normalized spacial score (nSPS) is 13.7. The topological polar surface area (TPSA) is 20.3 Å². The molecule has 2 heterocycles. The predicted molar refractivity (Wildman–Crippen MR) is 124 cm³/mol. The molecule has 5 heteroatoms. The minimum Gasteiger partial charge on any atom is -0.367 e. The van der Waals surface area contributed by atoms with Crippen molar-refractivity contribution in [2.24, 2.45) is 0 Å². The van der Waals surface area contributed by atoms with E-state index in [1.807, 2.05) is 18.2 Å². The van der Waals surface area contributed by atoms with Crippen LogP contribution in [-0.2, 0) is 0 Å². The van der Waals surface area contributed by atoms with E-state index in [9.17, 15) is 4.79 Å². The molecule has 0 amide bonds. The summed E-state index contributed by atoms with van der Waals surface area (Å²) in [7, 11) is 0. The molecule has 142 valence electrons. The number of nitrogens with zero attached hydrogens (tertiary/aromatic N) is 1. The molecule has 0 radical (unpaired) electrons. The number of thiophene rings is 1. The zero-order chi connectivity index (χ0) is 19.5. The van der Waals surface area contributed by atoms with Crippen molar-refractivity contribution < 1.29 is 4.79 Å². The van der Waals surface area contributed by atoms with Gasteiger partial charge in [-0.1, -0.05) is 42.1 Å². The van der Waals surface area contributed by atoms with Gasteiger partial charge in [0.15, 0.2) is 5.78 Å². The molecule has 2 nitrogen and oxygen atoms in total. The van der Waals surface area contributed by atoms with Crippen molar-refractivity contribution in [3.63, 3.8) is 0 Å². The first-order valence-electron chi connectivity index (χ1n) is 9.17. The van der Waals surface area contributed by atoms with Crippen LogP contribution in [-0.4, -0.2) is 18.9 Å². The fourth-order valence-electron chi connectivity index (χ4n) is 3.34. The first-order valence-corrected chi connectivity index (χ1v) is 11.7. The summed E-state index contributed by atoms with van der Waals surface area (Å²) in [6, 6.07) is 16.8. The van der Waals surface area contributed by atoms with Crippen molar-refractivity contribution in [3.05, 3.63) is 75.4 Å². The highest BCUT2D eigenvalue weighted by Crippen LogP contribution is 2.39. The van der Waals surface area contributed by atoms with Gasteiger partial charge < -0.3 is 4.90 Å². The molecule has 0 saturated carbocycles. The second kappa shape index (κ2) is 8.68. The van der Waals surface area contributed by atoms with Gasteiger partial charge in [-0.25, -0.2) is 0 Å². The van der Waals surface area contributed by atoms with Gasteiger partial charge in [-0.3, -0.25) is 4.79 Å². The van der Waals surface area contributed by atoms with Crippen LogP contribution in [0, 0.1) is 0 Å². The molecule has 0 fully saturated rings. The number of halogens is 1. The largest absolute Gasteiger partial charge is 0.367 e. The number of hydrogen-bond acceptors (Lipinski definition) is 4. The second-order valence-corrected chi connectivity index (χ2v) is 10.1. The maximum Gasteiger partial charge on any atom is 0.159 e. The smallest absolute Gasteiger partial charge is 0.159 e. The second-order valence-electron chi connectivity index (χ2n) is 6.71. The fraction of sp³-hybridized carbons (Fsp3) is 0.174. The Bertz CT molecular complexity index is 1040. The minimum atomic E-state index is 0.0953. The average Bonchev–Trinajstić information content (AvgIpc) is 3.13. The van der Waals surface area contributed by atoms with Crippen LogP contribution in [0.4, 0.5) is 5.69 Å². The molecule has 4 rings (SSSR count). The predicted octanol–water partition coefficient (Wildman–Crippen LogP) is 7.30. The Morgan fingerprint density at radius 3 is 2.71 bits per heavy atom. The third-order valence-corrected chi connectivity index (χ3v) is 7.34. The van der Waals surface area contributed by atoms with Gasteiger partial charge in [0.2, 0.25) is 0 Å². The molecule has 0 bridgehead atoms. The SMILES string of the molecule is CC(=O)c1cccc(-c2cc(Sc3csc(Br)c3)ccc2N2CC=CCC2)c1. The summed E-state index contributed by atoms with van der Waals surface area (Å²) in [5.41, 5.74) is 4.24. The van der Waals surface area contributed by atoms with Crippen LogP contribution in [0.2, 0.25) is 0 Å². The van der Waals surface area contributed by atoms with E-state index in [0.29, 0.717) is 0 Å². The summed E-state index contributed by atoms with van der Waals surface area (Å²) in [5, 5.41) is 2.16. The molecule has 0 aliphatic carbocycles. The lowest BCUT2D eigenvalue weighted by Gasteiger charge is -2.28. The van der Waals surface area contributed by atoms with Gasteiger partial charge in [-0.05, 0) is 65.2 Å². The van der Waals surface area contributed by atoms with Crippen LogP contribution in [0.25, 0.3) is 11.1 Å². The first kappa shape index (κ1) is 19.5. The van der Waals surface area contributed by atoms with E-state index in [1.54, 1.807) is 30.0 Å². The molecule has 0 N–H and O–H groups in total. The lowest BCUT2D eigenvalue weighted by atomic mass is 9.99. The van der Waals surface area contributed by atoms with Crippen molar-refractivity contribution in [2.75, 3.05) is 18.0 Å². The number of ketones is 1. The van der Waals surface area contributed by atoms with Crippen LogP contribution < -0.4 is 4.90 Å². The fourth-order valence-corrected chi connectivity index (χ4v) is 5.68. The summed E-state index contributed by atoms with van der Waals surface area (Å²) in [4.78, 5) is 16.7. The third kappa shape index (κ3) is 4.43. The van der Waals surface area contributed by atoms with Crippen molar-refractivity contribution in [3.8, 4) is 11.1 Å². The molecule has 2 aromatic carbocycles. The molecule has 3 aromatic rings. The van der Waals surface area contributed by atoms with Crippen LogP contribution in [0.5, 0.6) is 0 Å². The Morgan fingerprint density at radius 1 is 1.11 bits per heavy atom. The lowest BCUT2D eigenvalue weighted by Crippen LogP contribution is -2.27. The Morgan fingerprint density at radius 2 is 2.00 bits per heavy atom. The molecule has 0 unspecified atom stereocenters. The van der Waals surface area contributed by atoms with Crippen LogP contribution in [0.3, 0.4) is 0 Å². The molecule has 1 aliphatic rings. The summed E-state index contributed by atoms with van der Waals surface area (Å²) < 4.78 is 1.14. The first-order chi connectivity index (χ1) is 13.6. The highest BCUT2D eigenvalue weighted by atomic mass is 79.9. The number of carbonyl (C=O) groups is 1. The Kier molecular flexibility index (Phi) is 6.04. The van der Waals surface area contributed by atoms with E-state index in [4.69, 9.17) is 0 Å². The lowest BCUT2D eigenvalue weighted by molar-refractivity contribution is 0.101. The number of hydrogen-bond donors (Lipinski definition) is 0. The standard InChI is InChI=1S/C23H20BrNOS2/c1-16(26)17-6-5-7-18(12-17)21-13-19(28-20-14-23(24)27-15-20)8-9-22(21)25-10-3-2-4-11-25/h2-3,5-9,12-15H,4,10-11H2,1H3. The molecule has 28 heavy (non-hydrogen) atoms. The quantitative estimate of drug-likeness (QED) is 0.288. The highest BCUT2D eigenvalue weighted by Gasteiger charge is 2.15. The van der Waals surface area contributed by atoms with E-state index >= 15 is 0 Å². The van der Waals surface area contributed by atoms with Gasteiger partial charge in [-0.15, -0.1) is 11.3 Å². The molecule has 0 spiro atoms. The minimum absolute atomic E-state index is 0.0953. The van der Waals surface area contributed by atoms with Crippen molar-refractivity contribution in [2.45, 2.75) is 23.1 Å². The average molecular weight is 470 g/mol. The Balaban J connectivity index is 1.77. The molecule has 0 saturated heterocycles. The summed E-state index contributed by atoms with van der Waals surface area (Å²) in [6.07, 6.45) is 5.53. The summed E-state index contributed by atoms with van der Waals surface area (Å²) >= 11 is 7.00. The van der Waals surface area contributed by atoms with E-state index in [0.717, 1.165) is 34.4 Å². The van der Waals surface area contributed by atoms with Crippen LogP contribution >= 0.6 is 39.0 Å². The third-order valence-electron chi connectivity index (χ3n) is 4.73. The maximum atomic E-state index is 11.9. The molecular weight excluding hydrogens is 450 g/mol. The highest BCUT2D eigenvalue weighted by molar-refractivity contribution is 9.11. The van der Waals surface area contributed by atoms with Crippen molar-refractivity contribution >= 4 is 50.5 Å². The van der Waals surface area contributed by atoms with Gasteiger partial charge in [0, 0.05) is 45.1 Å². The van der Waals surface area contributed by atoms with Gasteiger partial charge in [-0.2, -0.15) is 0 Å². The number of anilines is 1. The Hall–Kier alpha value is -1.82. The van der Waals surface area contributed by atoms with Gasteiger partial charge in [0.1, 0.15) is 0 Å². The summed E-state index contributed by atoms with van der Waals surface area (Å²) in [5.74, 6) is 0.0953. The molecule has 1 aromatic heterocycles.